The number of aryl methyl sites for hydroxylation is 1. The summed E-state index contributed by atoms with van der Waals surface area (Å²) in [5.41, 5.74) is 0. The van der Waals surface area contributed by atoms with Crippen LogP contribution in [0.2, 0.25) is 0 Å². The first-order valence-corrected chi connectivity index (χ1v) is 8.71. The number of hydrogen-bond acceptors (Lipinski definition) is 6. The molecule has 0 bridgehead atoms. The van der Waals surface area contributed by atoms with Gasteiger partial charge in [0.15, 0.2) is 5.76 Å². The van der Waals surface area contributed by atoms with E-state index in [2.05, 4.69) is 21.8 Å². The smallest absolute Gasteiger partial charge is 0.289 e. The number of thioether (sulfide) groups is 1. The van der Waals surface area contributed by atoms with Crippen molar-refractivity contribution in [3.05, 3.63) is 36.0 Å². The van der Waals surface area contributed by atoms with E-state index in [1.807, 2.05) is 17.9 Å². The highest BCUT2D eigenvalue weighted by Gasteiger charge is 2.24. The topological polar surface area (TPSA) is 62.5 Å². The Morgan fingerprint density at radius 3 is 2.70 bits per heavy atom. The molecular formula is C16H20N4O2S. The van der Waals surface area contributed by atoms with Crippen molar-refractivity contribution < 1.29 is 9.21 Å². The van der Waals surface area contributed by atoms with Crippen molar-refractivity contribution in [3.63, 3.8) is 0 Å². The Morgan fingerprint density at radius 2 is 2.04 bits per heavy atom. The molecule has 0 radical (unpaired) electrons. The number of anilines is 1. The molecule has 0 spiro atoms. The van der Waals surface area contributed by atoms with Gasteiger partial charge in [-0.15, -0.1) is 11.8 Å². The van der Waals surface area contributed by atoms with Crippen LogP contribution < -0.4 is 4.90 Å². The SMILES string of the molecule is CCSc1cncc(N2CCN(C(=O)c3ccc(C)o3)CC2)n1. The van der Waals surface area contributed by atoms with Crippen molar-refractivity contribution in [1.29, 1.82) is 0 Å². The zero-order valence-electron chi connectivity index (χ0n) is 13.4. The van der Waals surface area contributed by atoms with Gasteiger partial charge in [-0.25, -0.2) is 4.98 Å². The van der Waals surface area contributed by atoms with Crippen LogP contribution in [0.5, 0.6) is 0 Å². The first-order chi connectivity index (χ1) is 11.2. The fourth-order valence-electron chi connectivity index (χ4n) is 2.55. The highest BCUT2D eigenvalue weighted by molar-refractivity contribution is 7.99. The maximum Gasteiger partial charge on any atom is 0.289 e. The van der Waals surface area contributed by atoms with E-state index in [1.165, 1.54) is 0 Å². The van der Waals surface area contributed by atoms with Gasteiger partial charge in [-0.1, -0.05) is 6.92 Å². The summed E-state index contributed by atoms with van der Waals surface area (Å²) in [6.07, 6.45) is 3.57. The number of rotatable bonds is 4. The van der Waals surface area contributed by atoms with Crippen molar-refractivity contribution >= 4 is 23.5 Å². The molecule has 2 aromatic rings. The van der Waals surface area contributed by atoms with Crippen LogP contribution in [0, 0.1) is 6.92 Å². The third kappa shape index (κ3) is 3.67. The fraction of sp³-hybridized carbons (Fsp3) is 0.438. The minimum Gasteiger partial charge on any atom is -0.456 e. The van der Waals surface area contributed by atoms with E-state index in [-0.39, 0.29) is 5.91 Å². The van der Waals surface area contributed by atoms with Gasteiger partial charge in [0.1, 0.15) is 16.6 Å². The maximum absolute atomic E-state index is 12.4. The van der Waals surface area contributed by atoms with Gasteiger partial charge in [0.25, 0.3) is 5.91 Å². The molecule has 6 nitrogen and oxygen atoms in total. The number of carbonyl (C=O) groups is 1. The Labute approximate surface area is 139 Å². The number of aromatic nitrogens is 2. The molecule has 3 heterocycles. The normalized spacial score (nSPS) is 15.0. The molecule has 0 aliphatic carbocycles. The summed E-state index contributed by atoms with van der Waals surface area (Å²) in [5, 5.41) is 0.939. The van der Waals surface area contributed by atoms with Gasteiger partial charge in [-0.3, -0.25) is 9.78 Å². The van der Waals surface area contributed by atoms with E-state index >= 15 is 0 Å². The minimum atomic E-state index is -0.0425. The molecule has 122 valence electrons. The molecule has 1 fully saturated rings. The Hall–Kier alpha value is -2.02. The van der Waals surface area contributed by atoms with E-state index in [4.69, 9.17) is 4.42 Å². The zero-order valence-corrected chi connectivity index (χ0v) is 14.2. The molecule has 1 saturated heterocycles. The van der Waals surface area contributed by atoms with Gasteiger partial charge in [0, 0.05) is 26.2 Å². The molecule has 3 rings (SSSR count). The van der Waals surface area contributed by atoms with E-state index in [0.29, 0.717) is 18.8 Å². The number of furan rings is 1. The summed E-state index contributed by atoms with van der Waals surface area (Å²) in [7, 11) is 0. The molecule has 7 heteroatoms. The number of amides is 1. The lowest BCUT2D eigenvalue weighted by molar-refractivity contribution is 0.0713. The van der Waals surface area contributed by atoms with Gasteiger partial charge in [-0.05, 0) is 24.8 Å². The summed E-state index contributed by atoms with van der Waals surface area (Å²) >= 11 is 1.68. The molecule has 0 N–H and O–H groups in total. The second kappa shape index (κ2) is 7.04. The molecule has 0 atom stereocenters. The van der Waals surface area contributed by atoms with Gasteiger partial charge >= 0.3 is 0 Å². The summed E-state index contributed by atoms with van der Waals surface area (Å²) in [6.45, 7) is 6.76. The minimum absolute atomic E-state index is 0.0425. The Morgan fingerprint density at radius 1 is 1.26 bits per heavy atom. The summed E-state index contributed by atoms with van der Waals surface area (Å²) in [6, 6.07) is 3.55. The fourth-order valence-corrected chi connectivity index (χ4v) is 3.14. The van der Waals surface area contributed by atoms with Crippen LogP contribution in [0.3, 0.4) is 0 Å². The first-order valence-electron chi connectivity index (χ1n) is 7.73. The second-order valence-electron chi connectivity index (χ2n) is 5.34. The maximum atomic E-state index is 12.4. The zero-order chi connectivity index (χ0) is 16.2. The third-order valence-corrected chi connectivity index (χ3v) is 4.52. The molecule has 1 aliphatic heterocycles. The monoisotopic (exact) mass is 332 g/mol. The summed E-state index contributed by atoms with van der Waals surface area (Å²) in [5.74, 6) is 2.98. The van der Waals surface area contributed by atoms with Crippen molar-refractivity contribution in [2.75, 3.05) is 36.8 Å². The van der Waals surface area contributed by atoms with E-state index < -0.39 is 0 Å². The van der Waals surface area contributed by atoms with Crippen LogP contribution in [0.15, 0.2) is 34.0 Å². The highest BCUT2D eigenvalue weighted by Crippen LogP contribution is 2.19. The quantitative estimate of drug-likeness (QED) is 0.802. The van der Waals surface area contributed by atoms with E-state index in [0.717, 1.165) is 35.4 Å². The molecule has 1 aliphatic rings. The average Bonchev–Trinajstić information content (AvgIpc) is 3.01. The molecule has 23 heavy (non-hydrogen) atoms. The standard InChI is InChI=1S/C16H20N4O2S/c1-3-23-15-11-17-10-14(18-15)19-6-8-20(9-7-19)16(21)13-5-4-12(2)22-13/h4-5,10-11H,3,6-9H2,1-2H3. The van der Waals surface area contributed by atoms with Gasteiger partial charge in [-0.2, -0.15) is 0 Å². The number of carbonyl (C=O) groups excluding carboxylic acids is 1. The predicted molar refractivity (Wildman–Crippen MR) is 90.0 cm³/mol. The summed E-state index contributed by atoms with van der Waals surface area (Å²) < 4.78 is 5.42. The van der Waals surface area contributed by atoms with Crippen molar-refractivity contribution in [2.24, 2.45) is 0 Å². The lowest BCUT2D eigenvalue weighted by atomic mass is 10.3. The van der Waals surface area contributed by atoms with Crippen LogP contribution in [-0.4, -0.2) is 52.7 Å². The Kier molecular flexibility index (Phi) is 4.85. The second-order valence-corrected chi connectivity index (χ2v) is 6.62. The summed E-state index contributed by atoms with van der Waals surface area (Å²) in [4.78, 5) is 25.3. The van der Waals surface area contributed by atoms with E-state index in [1.54, 1.807) is 30.2 Å². The van der Waals surface area contributed by atoms with Crippen molar-refractivity contribution in [2.45, 2.75) is 18.9 Å². The molecule has 0 unspecified atom stereocenters. The largest absolute Gasteiger partial charge is 0.456 e. The highest BCUT2D eigenvalue weighted by atomic mass is 32.2. The lowest BCUT2D eigenvalue weighted by Crippen LogP contribution is -2.49. The first kappa shape index (κ1) is 15.9. The van der Waals surface area contributed by atoms with Gasteiger partial charge in [0.2, 0.25) is 0 Å². The van der Waals surface area contributed by atoms with Crippen LogP contribution >= 0.6 is 11.8 Å². The van der Waals surface area contributed by atoms with Gasteiger partial charge < -0.3 is 14.2 Å². The van der Waals surface area contributed by atoms with Crippen LogP contribution in [0.1, 0.15) is 23.2 Å². The van der Waals surface area contributed by atoms with Crippen molar-refractivity contribution in [3.8, 4) is 0 Å². The Balaban J connectivity index is 1.62. The average molecular weight is 332 g/mol. The van der Waals surface area contributed by atoms with Gasteiger partial charge in [0.05, 0.1) is 12.4 Å². The molecule has 0 aromatic carbocycles. The van der Waals surface area contributed by atoms with Crippen molar-refractivity contribution in [1.82, 2.24) is 14.9 Å². The third-order valence-electron chi connectivity index (χ3n) is 3.73. The predicted octanol–water partition coefficient (Wildman–Crippen LogP) is 2.45. The number of hydrogen-bond donors (Lipinski definition) is 0. The number of nitrogens with zero attached hydrogens (tertiary/aromatic N) is 4. The lowest BCUT2D eigenvalue weighted by Gasteiger charge is -2.34. The molecule has 0 saturated carbocycles. The molecule has 2 aromatic heterocycles. The Bertz CT molecular complexity index is 680. The van der Waals surface area contributed by atoms with E-state index in [9.17, 15) is 4.79 Å². The number of piperazine rings is 1. The molecular weight excluding hydrogens is 312 g/mol. The molecule has 1 amide bonds. The van der Waals surface area contributed by atoms with Crippen LogP contribution in [0.25, 0.3) is 0 Å². The van der Waals surface area contributed by atoms with Crippen LogP contribution in [0.4, 0.5) is 5.82 Å². The van der Waals surface area contributed by atoms with Crippen LogP contribution in [-0.2, 0) is 0 Å².